The lowest BCUT2D eigenvalue weighted by Crippen LogP contribution is -1.99. The highest BCUT2D eigenvalue weighted by atomic mass is 14.6. The second kappa shape index (κ2) is 1.99. The van der Waals surface area contributed by atoms with Gasteiger partial charge in [0.1, 0.15) is 0 Å². The number of rotatable bonds is 2. The van der Waals surface area contributed by atoms with Crippen molar-refractivity contribution in [2.45, 2.75) is 46.0 Å². The summed E-state index contributed by atoms with van der Waals surface area (Å²) in [4.78, 5) is 0. The van der Waals surface area contributed by atoms with Gasteiger partial charge in [-0.1, -0.05) is 20.3 Å². The first-order valence-electron chi connectivity index (χ1n) is 4.77. The second-order valence-electron chi connectivity index (χ2n) is 4.56. The third-order valence-electron chi connectivity index (χ3n) is 3.55. The molecule has 2 rings (SSSR count). The van der Waals surface area contributed by atoms with Crippen molar-refractivity contribution in [2.75, 3.05) is 0 Å². The van der Waals surface area contributed by atoms with Gasteiger partial charge < -0.3 is 0 Å². The molecule has 3 unspecified atom stereocenters. The standard InChI is InChI=1S/C10H18/c1-3-4-10-6-8(2)5-9(10)7-10/h8-9H,3-7H2,1-2H3. The zero-order valence-corrected chi connectivity index (χ0v) is 7.19. The van der Waals surface area contributed by atoms with Crippen molar-refractivity contribution >= 4 is 0 Å². The molecule has 0 N–H and O–H groups in total. The van der Waals surface area contributed by atoms with Crippen molar-refractivity contribution in [1.29, 1.82) is 0 Å². The Balaban J connectivity index is 1.95. The highest BCUT2D eigenvalue weighted by molar-refractivity contribution is 5.07. The van der Waals surface area contributed by atoms with E-state index in [1.165, 1.54) is 12.8 Å². The number of fused-ring (bicyclic) bond motifs is 1. The van der Waals surface area contributed by atoms with Crippen molar-refractivity contribution < 1.29 is 0 Å². The molecule has 58 valence electrons. The third kappa shape index (κ3) is 0.810. The maximum Gasteiger partial charge on any atom is -0.0264 e. The molecule has 0 spiro atoms. The molecular weight excluding hydrogens is 120 g/mol. The van der Waals surface area contributed by atoms with Crippen LogP contribution in [0.2, 0.25) is 0 Å². The molecule has 0 aromatic heterocycles. The quantitative estimate of drug-likeness (QED) is 0.549. The summed E-state index contributed by atoms with van der Waals surface area (Å²) < 4.78 is 0. The van der Waals surface area contributed by atoms with Crippen LogP contribution in [0.5, 0.6) is 0 Å². The summed E-state index contributed by atoms with van der Waals surface area (Å²) in [7, 11) is 0. The Bertz CT molecular complexity index is 139. The summed E-state index contributed by atoms with van der Waals surface area (Å²) >= 11 is 0. The summed E-state index contributed by atoms with van der Waals surface area (Å²) in [6.07, 6.45) is 7.59. The van der Waals surface area contributed by atoms with Crippen molar-refractivity contribution in [3.63, 3.8) is 0 Å². The van der Waals surface area contributed by atoms with Gasteiger partial charge in [-0.2, -0.15) is 0 Å². The van der Waals surface area contributed by atoms with Crippen LogP contribution in [0.1, 0.15) is 46.0 Å². The maximum atomic E-state index is 2.42. The van der Waals surface area contributed by atoms with Crippen molar-refractivity contribution in [2.24, 2.45) is 17.3 Å². The monoisotopic (exact) mass is 138 g/mol. The topological polar surface area (TPSA) is 0 Å². The Labute approximate surface area is 64.0 Å². The van der Waals surface area contributed by atoms with Gasteiger partial charge in [-0.25, -0.2) is 0 Å². The predicted octanol–water partition coefficient (Wildman–Crippen LogP) is 3.22. The van der Waals surface area contributed by atoms with Crippen LogP contribution in [0, 0.1) is 17.3 Å². The van der Waals surface area contributed by atoms with Gasteiger partial charge in [0.05, 0.1) is 0 Å². The van der Waals surface area contributed by atoms with E-state index in [1.54, 1.807) is 19.3 Å². The molecule has 3 atom stereocenters. The van der Waals surface area contributed by atoms with E-state index in [0.29, 0.717) is 0 Å². The van der Waals surface area contributed by atoms with E-state index >= 15 is 0 Å². The fraction of sp³-hybridized carbons (Fsp3) is 1.00. The lowest BCUT2D eigenvalue weighted by atomic mass is 9.94. The van der Waals surface area contributed by atoms with Gasteiger partial charge in [0.15, 0.2) is 0 Å². The molecule has 0 aliphatic heterocycles. The minimum absolute atomic E-state index is 0.883. The van der Waals surface area contributed by atoms with Gasteiger partial charge >= 0.3 is 0 Å². The number of hydrogen-bond acceptors (Lipinski definition) is 0. The van der Waals surface area contributed by atoms with E-state index in [2.05, 4.69) is 13.8 Å². The molecule has 0 nitrogen and oxygen atoms in total. The molecule has 0 aromatic carbocycles. The zero-order chi connectivity index (χ0) is 7.19. The molecule has 0 aromatic rings. The van der Waals surface area contributed by atoms with Gasteiger partial charge in [-0.3, -0.25) is 0 Å². The van der Waals surface area contributed by atoms with Gasteiger partial charge in [0.25, 0.3) is 0 Å². The molecule has 2 aliphatic rings. The van der Waals surface area contributed by atoms with E-state index in [9.17, 15) is 0 Å². The molecule has 0 heterocycles. The summed E-state index contributed by atoms with van der Waals surface area (Å²) in [5.41, 5.74) is 0.883. The van der Waals surface area contributed by atoms with Crippen LogP contribution >= 0.6 is 0 Å². The van der Waals surface area contributed by atoms with Gasteiger partial charge in [-0.05, 0) is 42.9 Å². The van der Waals surface area contributed by atoms with Crippen molar-refractivity contribution in [3.05, 3.63) is 0 Å². The summed E-state index contributed by atoms with van der Waals surface area (Å²) in [6.45, 7) is 4.75. The Morgan fingerprint density at radius 3 is 2.70 bits per heavy atom. The Kier molecular flexibility index (Phi) is 1.33. The molecule has 2 aliphatic carbocycles. The largest absolute Gasteiger partial charge is 0.0654 e. The van der Waals surface area contributed by atoms with Crippen LogP contribution in [0.25, 0.3) is 0 Å². The van der Waals surface area contributed by atoms with Crippen LogP contribution in [-0.4, -0.2) is 0 Å². The molecule has 0 bridgehead atoms. The highest BCUT2D eigenvalue weighted by Crippen LogP contribution is 2.67. The molecule has 10 heavy (non-hydrogen) atoms. The molecule has 0 amide bonds. The van der Waals surface area contributed by atoms with E-state index in [4.69, 9.17) is 0 Å². The zero-order valence-electron chi connectivity index (χ0n) is 7.19. The van der Waals surface area contributed by atoms with Gasteiger partial charge in [0.2, 0.25) is 0 Å². The van der Waals surface area contributed by atoms with Crippen molar-refractivity contribution in [1.82, 2.24) is 0 Å². The van der Waals surface area contributed by atoms with E-state index in [1.807, 2.05) is 0 Å². The molecule has 0 radical (unpaired) electrons. The summed E-state index contributed by atoms with van der Waals surface area (Å²) in [6, 6.07) is 0. The van der Waals surface area contributed by atoms with Crippen LogP contribution in [0.4, 0.5) is 0 Å². The van der Waals surface area contributed by atoms with E-state index in [-0.39, 0.29) is 0 Å². The molecule has 0 heteroatoms. The average molecular weight is 138 g/mol. The first-order chi connectivity index (χ1) is 4.77. The van der Waals surface area contributed by atoms with Crippen LogP contribution in [0.3, 0.4) is 0 Å². The molecule has 2 saturated carbocycles. The van der Waals surface area contributed by atoms with E-state index in [0.717, 1.165) is 17.3 Å². The molecule has 2 fully saturated rings. The molecule has 0 saturated heterocycles. The number of hydrogen-bond donors (Lipinski definition) is 0. The lowest BCUT2D eigenvalue weighted by molar-refractivity contribution is 0.403. The second-order valence-corrected chi connectivity index (χ2v) is 4.56. The SMILES string of the molecule is CCCC12CC(C)CC1C2. The first-order valence-corrected chi connectivity index (χ1v) is 4.77. The summed E-state index contributed by atoms with van der Waals surface area (Å²) in [5, 5.41) is 0. The van der Waals surface area contributed by atoms with Gasteiger partial charge in [-0.15, -0.1) is 0 Å². The highest BCUT2D eigenvalue weighted by Gasteiger charge is 2.57. The Morgan fingerprint density at radius 1 is 1.40 bits per heavy atom. The Hall–Kier alpha value is 0. The smallest absolute Gasteiger partial charge is 0.0264 e. The van der Waals surface area contributed by atoms with Gasteiger partial charge in [0, 0.05) is 0 Å². The predicted molar refractivity (Wildman–Crippen MR) is 43.8 cm³/mol. The summed E-state index contributed by atoms with van der Waals surface area (Å²) in [5.74, 6) is 2.20. The van der Waals surface area contributed by atoms with Crippen molar-refractivity contribution in [3.8, 4) is 0 Å². The van der Waals surface area contributed by atoms with Crippen LogP contribution in [0.15, 0.2) is 0 Å². The Morgan fingerprint density at radius 2 is 2.20 bits per heavy atom. The van der Waals surface area contributed by atoms with Crippen LogP contribution < -0.4 is 0 Å². The molecular formula is C10H18. The average Bonchev–Trinajstić information content (AvgIpc) is 2.36. The fourth-order valence-corrected chi connectivity index (χ4v) is 3.18. The van der Waals surface area contributed by atoms with E-state index < -0.39 is 0 Å². The minimum atomic E-state index is 0.883. The lowest BCUT2D eigenvalue weighted by Gasteiger charge is -2.11. The third-order valence-corrected chi connectivity index (χ3v) is 3.55. The normalized spacial score (nSPS) is 51.0. The van der Waals surface area contributed by atoms with Crippen LogP contribution in [-0.2, 0) is 0 Å². The first kappa shape index (κ1) is 6.69. The fourth-order valence-electron chi connectivity index (χ4n) is 3.18. The maximum absolute atomic E-state index is 2.42. The minimum Gasteiger partial charge on any atom is -0.0654 e.